The van der Waals surface area contributed by atoms with Crippen molar-refractivity contribution in [2.75, 3.05) is 0 Å². The van der Waals surface area contributed by atoms with Gasteiger partial charge in [0.05, 0.1) is 0 Å². The molecule has 0 rings (SSSR count). The monoisotopic (exact) mass is 671 g/mol. The summed E-state index contributed by atoms with van der Waals surface area (Å²) >= 11 is 0. The third kappa shape index (κ3) is 41.5. The molecular weight excluding hydrogens is 674 g/mol. The number of hydrogen-bond acceptors (Lipinski definition) is 0. The Morgan fingerprint density at radius 2 is 0.250 bits per heavy atom. The van der Waals surface area contributed by atoms with Crippen LogP contribution in [0.15, 0.2) is 0 Å². The molecular formula is Ga3Nb5. The molecule has 14 radical (unpaired) electrons. The summed E-state index contributed by atoms with van der Waals surface area (Å²) in [5, 5.41) is 0. The van der Waals surface area contributed by atoms with Crippen LogP contribution in [0.1, 0.15) is 0 Å². The van der Waals surface area contributed by atoms with Crippen LogP contribution >= 0.6 is 0 Å². The number of hydrogen-bond donors (Lipinski definition) is 0. The summed E-state index contributed by atoms with van der Waals surface area (Å²) in [5.41, 5.74) is 0. The Labute approximate surface area is 167 Å². The van der Waals surface area contributed by atoms with E-state index in [0.717, 1.165) is 0 Å². The average Bonchev–Trinajstić information content (AvgIpc) is 0. The van der Waals surface area contributed by atoms with Gasteiger partial charge in [-0.05, 0) is 0 Å². The first-order valence-electron chi connectivity index (χ1n) is 0. The molecule has 0 aliphatic heterocycles. The Hall–Kier alpha value is 5.61. The molecule has 0 aromatic rings. The Bertz CT molecular complexity index is 7.64. The predicted molar refractivity (Wildman–Crippen MR) is 17.3 cm³/mol. The number of rotatable bonds is 0. The van der Waals surface area contributed by atoms with Crippen molar-refractivity contribution in [3.8, 4) is 0 Å². The Kier molecular flexibility index (Phi) is 464. The SMILES string of the molecule is [Ga].[Ga].[Ga].[Nb].[Nb].[Nb].[Nb].[Nb]. The quantitative estimate of drug-likeness (QED) is 0.285. The molecule has 0 saturated carbocycles. The van der Waals surface area contributed by atoms with Crippen molar-refractivity contribution in [2.45, 2.75) is 0 Å². The minimum Gasteiger partial charge on any atom is 0 e. The fraction of sp³-hybridized carbons (Fsp3) is 0. The molecule has 0 N–H and O–H groups in total. The first-order valence-corrected chi connectivity index (χ1v) is 0. The van der Waals surface area contributed by atoms with Gasteiger partial charge in [0.1, 0.15) is 0 Å². The molecule has 0 amide bonds. The van der Waals surface area contributed by atoms with Crippen LogP contribution in [0.5, 0.6) is 0 Å². The summed E-state index contributed by atoms with van der Waals surface area (Å²) in [6, 6.07) is 0. The van der Waals surface area contributed by atoms with Gasteiger partial charge in [0.25, 0.3) is 0 Å². The van der Waals surface area contributed by atoms with E-state index in [4.69, 9.17) is 0 Å². The third-order valence-corrected chi connectivity index (χ3v) is 0. The van der Waals surface area contributed by atoms with E-state index in [2.05, 4.69) is 0 Å². The standard InChI is InChI=1S/3Ga.5Nb. The van der Waals surface area contributed by atoms with Crippen molar-refractivity contribution in [1.82, 2.24) is 0 Å². The zero-order valence-electron chi connectivity index (χ0n) is 3.97. The van der Waals surface area contributed by atoms with Crippen LogP contribution in [0, 0.1) is 0 Å². The molecule has 0 aliphatic carbocycles. The summed E-state index contributed by atoms with van der Waals surface area (Å²) in [7, 11) is 0. The molecule has 0 saturated heterocycles. The van der Waals surface area contributed by atoms with Gasteiger partial charge in [-0.2, -0.15) is 0 Å². The molecule has 0 heterocycles. The van der Waals surface area contributed by atoms with Crippen LogP contribution in [0.3, 0.4) is 0 Å². The van der Waals surface area contributed by atoms with Crippen LogP contribution < -0.4 is 0 Å². The van der Waals surface area contributed by atoms with Crippen molar-refractivity contribution in [2.24, 2.45) is 0 Å². The van der Waals surface area contributed by atoms with Gasteiger partial charge in [-0.25, -0.2) is 0 Å². The second-order valence-corrected chi connectivity index (χ2v) is 0. The first kappa shape index (κ1) is 68.8. The van der Waals surface area contributed by atoms with Gasteiger partial charge >= 0.3 is 0 Å². The van der Waals surface area contributed by atoms with Gasteiger partial charge in [-0.1, -0.05) is 0 Å². The van der Waals surface area contributed by atoms with Crippen molar-refractivity contribution in [3.05, 3.63) is 0 Å². The van der Waals surface area contributed by atoms with Gasteiger partial charge in [0, 0.05) is 171 Å². The smallest absolute Gasteiger partial charge is 0 e. The largest absolute Gasteiger partial charge is 0 e. The second-order valence-electron chi connectivity index (χ2n) is 0. The van der Waals surface area contributed by atoms with Crippen LogP contribution in [-0.2, 0) is 112 Å². The molecule has 0 aromatic heterocycles. The maximum absolute atomic E-state index is 0. The van der Waals surface area contributed by atoms with E-state index in [-0.39, 0.29) is 171 Å². The minimum atomic E-state index is 0. The van der Waals surface area contributed by atoms with Gasteiger partial charge < -0.3 is 0 Å². The molecule has 0 unspecified atom stereocenters. The maximum Gasteiger partial charge on any atom is 0 e. The fourth-order valence-corrected chi connectivity index (χ4v) is 0. The zero-order chi connectivity index (χ0) is 0. The summed E-state index contributed by atoms with van der Waals surface area (Å²) in [4.78, 5) is 0. The molecule has 8 heteroatoms. The third-order valence-electron chi connectivity index (χ3n) is 0. The van der Waals surface area contributed by atoms with Gasteiger partial charge in [-0.15, -0.1) is 0 Å². The molecule has 0 fully saturated rings. The van der Waals surface area contributed by atoms with Gasteiger partial charge in [-0.3, -0.25) is 0 Å². The summed E-state index contributed by atoms with van der Waals surface area (Å²) in [5.74, 6) is 0. The molecule has 0 aliphatic rings. The van der Waals surface area contributed by atoms with E-state index >= 15 is 0 Å². The van der Waals surface area contributed by atoms with Gasteiger partial charge in [0.15, 0.2) is 0 Å². The molecule has 34 valence electrons. The van der Waals surface area contributed by atoms with Crippen LogP contribution in [0.4, 0.5) is 0 Å². The maximum atomic E-state index is 0. The van der Waals surface area contributed by atoms with E-state index in [1.165, 1.54) is 0 Å². The molecule has 0 nitrogen and oxygen atoms in total. The zero-order valence-corrected chi connectivity index (χ0v) is 22.2. The molecule has 0 atom stereocenters. The van der Waals surface area contributed by atoms with E-state index in [1.54, 1.807) is 0 Å². The fourth-order valence-electron chi connectivity index (χ4n) is 0. The van der Waals surface area contributed by atoms with Crippen molar-refractivity contribution in [1.29, 1.82) is 0 Å². The molecule has 0 aromatic carbocycles. The van der Waals surface area contributed by atoms with Gasteiger partial charge in [0.2, 0.25) is 0 Å². The Morgan fingerprint density at radius 3 is 0.250 bits per heavy atom. The van der Waals surface area contributed by atoms with E-state index in [1.807, 2.05) is 0 Å². The summed E-state index contributed by atoms with van der Waals surface area (Å²) < 4.78 is 0. The summed E-state index contributed by atoms with van der Waals surface area (Å²) in [6.45, 7) is 0. The van der Waals surface area contributed by atoms with Crippen molar-refractivity contribution in [3.63, 3.8) is 0 Å². The Balaban J connectivity index is 0. The predicted octanol–water partition coefficient (Wildman–Crippen LogP) is -1.15. The van der Waals surface area contributed by atoms with Crippen molar-refractivity contribution >= 4 is 59.4 Å². The van der Waals surface area contributed by atoms with E-state index in [0.29, 0.717) is 0 Å². The van der Waals surface area contributed by atoms with Crippen molar-refractivity contribution < 1.29 is 112 Å². The minimum absolute atomic E-state index is 0. The second kappa shape index (κ2) is 54.0. The molecule has 0 spiro atoms. The topological polar surface area (TPSA) is 0 Å². The average molecular weight is 674 g/mol. The summed E-state index contributed by atoms with van der Waals surface area (Å²) in [6.07, 6.45) is 0. The van der Waals surface area contributed by atoms with Crippen LogP contribution in [0.2, 0.25) is 0 Å². The normalized spacial score (nSPS) is 0. The van der Waals surface area contributed by atoms with Crippen LogP contribution in [-0.4, -0.2) is 59.4 Å². The molecule has 8 heavy (non-hydrogen) atoms. The van der Waals surface area contributed by atoms with E-state index in [9.17, 15) is 0 Å². The molecule has 0 bridgehead atoms. The van der Waals surface area contributed by atoms with Crippen LogP contribution in [0.25, 0.3) is 0 Å². The van der Waals surface area contributed by atoms with E-state index < -0.39 is 0 Å². The first-order chi connectivity index (χ1) is 0. The Morgan fingerprint density at radius 1 is 0.250 bits per heavy atom.